The van der Waals surface area contributed by atoms with Crippen molar-refractivity contribution in [3.8, 4) is 6.07 Å². The van der Waals surface area contributed by atoms with E-state index < -0.39 is 0 Å². The number of anilines is 1. The Hall–Kier alpha value is -1.53. The summed E-state index contributed by atoms with van der Waals surface area (Å²) in [5, 5.41) is 12.2. The first-order valence-corrected chi connectivity index (χ1v) is 6.78. The SMILES string of the molecule is N#CCCN(CC1CCNCC1)c1ccccc1. The Morgan fingerprint density at radius 2 is 1.94 bits per heavy atom. The van der Waals surface area contributed by atoms with Gasteiger partial charge in [-0.15, -0.1) is 0 Å². The van der Waals surface area contributed by atoms with Crippen molar-refractivity contribution in [1.29, 1.82) is 5.26 Å². The number of hydrogen-bond donors (Lipinski definition) is 1. The summed E-state index contributed by atoms with van der Waals surface area (Å²) in [6, 6.07) is 12.7. The van der Waals surface area contributed by atoms with E-state index in [0.29, 0.717) is 6.42 Å². The van der Waals surface area contributed by atoms with E-state index in [0.717, 1.165) is 32.1 Å². The average Bonchev–Trinajstić information content (AvgIpc) is 2.45. The second-order valence-electron chi connectivity index (χ2n) is 4.88. The number of hydrogen-bond acceptors (Lipinski definition) is 3. The van der Waals surface area contributed by atoms with E-state index in [4.69, 9.17) is 5.26 Å². The van der Waals surface area contributed by atoms with Gasteiger partial charge in [-0.25, -0.2) is 0 Å². The molecule has 1 aliphatic heterocycles. The van der Waals surface area contributed by atoms with Gasteiger partial charge >= 0.3 is 0 Å². The molecule has 1 saturated heterocycles. The molecule has 0 amide bonds. The summed E-state index contributed by atoms with van der Waals surface area (Å²) < 4.78 is 0. The van der Waals surface area contributed by atoms with Crippen molar-refractivity contribution >= 4 is 5.69 Å². The molecule has 3 heteroatoms. The Morgan fingerprint density at radius 3 is 2.61 bits per heavy atom. The Morgan fingerprint density at radius 1 is 1.22 bits per heavy atom. The summed E-state index contributed by atoms with van der Waals surface area (Å²) in [7, 11) is 0. The van der Waals surface area contributed by atoms with Gasteiger partial charge in [-0.2, -0.15) is 5.26 Å². The molecule has 0 bridgehead atoms. The number of rotatable bonds is 5. The number of piperidine rings is 1. The molecule has 1 fully saturated rings. The summed E-state index contributed by atoms with van der Waals surface area (Å²) in [6.45, 7) is 4.18. The van der Waals surface area contributed by atoms with Crippen molar-refractivity contribution in [2.24, 2.45) is 5.92 Å². The van der Waals surface area contributed by atoms with E-state index in [2.05, 4.69) is 40.6 Å². The molecule has 1 aliphatic rings. The van der Waals surface area contributed by atoms with Crippen LogP contribution in [0.3, 0.4) is 0 Å². The fraction of sp³-hybridized carbons (Fsp3) is 0.533. The second-order valence-corrected chi connectivity index (χ2v) is 4.88. The molecular formula is C15H21N3. The summed E-state index contributed by atoms with van der Waals surface area (Å²) in [4.78, 5) is 2.36. The zero-order valence-corrected chi connectivity index (χ0v) is 10.8. The third-order valence-corrected chi connectivity index (χ3v) is 3.55. The molecule has 18 heavy (non-hydrogen) atoms. The van der Waals surface area contributed by atoms with Crippen LogP contribution in [-0.4, -0.2) is 26.2 Å². The molecule has 2 rings (SSSR count). The monoisotopic (exact) mass is 243 g/mol. The van der Waals surface area contributed by atoms with Gasteiger partial charge < -0.3 is 10.2 Å². The standard InChI is InChI=1S/C15H21N3/c16-9-4-12-18(15-5-2-1-3-6-15)13-14-7-10-17-11-8-14/h1-3,5-6,14,17H,4,7-8,10-13H2. The summed E-state index contributed by atoms with van der Waals surface area (Å²) in [5.74, 6) is 0.755. The Balaban J connectivity index is 1.98. The van der Waals surface area contributed by atoms with Crippen LogP contribution in [0, 0.1) is 17.2 Å². The highest BCUT2D eigenvalue weighted by atomic mass is 15.1. The summed E-state index contributed by atoms with van der Waals surface area (Å²) >= 11 is 0. The number of nitriles is 1. The first-order valence-electron chi connectivity index (χ1n) is 6.78. The van der Waals surface area contributed by atoms with Crippen LogP contribution in [0.4, 0.5) is 5.69 Å². The first kappa shape index (κ1) is 12.9. The Kier molecular flexibility index (Phi) is 5.04. The zero-order chi connectivity index (χ0) is 12.6. The molecule has 0 spiro atoms. The Bertz CT molecular complexity index is 376. The van der Waals surface area contributed by atoms with Crippen molar-refractivity contribution in [1.82, 2.24) is 5.32 Å². The smallest absolute Gasteiger partial charge is 0.0640 e. The fourth-order valence-electron chi connectivity index (χ4n) is 2.53. The van der Waals surface area contributed by atoms with Crippen LogP contribution in [0.15, 0.2) is 30.3 Å². The van der Waals surface area contributed by atoms with Crippen LogP contribution >= 0.6 is 0 Å². The predicted octanol–water partition coefficient (Wildman–Crippen LogP) is 2.41. The van der Waals surface area contributed by atoms with Crippen molar-refractivity contribution in [2.45, 2.75) is 19.3 Å². The molecular weight excluding hydrogens is 222 g/mol. The molecule has 1 N–H and O–H groups in total. The van der Waals surface area contributed by atoms with E-state index in [1.54, 1.807) is 0 Å². The van der Waals surface area contributed by atoms with Gasteiger partial charge in [0.1, 0.15) is 0 Å². The predicted molar refractivity (Wildman–Crippen MR) is 74.5 cm³/mol. The van der Waals surface area contributed by atoms with Crippen LogP contribution in [0.25, 0.3) is 0 Å². The molecule has 0 aromatic heterocycles. The summed E-state index contributed by atoms with van der Waals surface area (Å²) in [6.07, 6.45) is 3.09. The molecule has 0 saturated carbocycles. The van der Waals surface area contributed by atoms with Crippen LogP contribution < -0.4 is 10.2 Å². The van der Waals surface area contributed by atoms with Gasteiger partial charge in [0.25, 0.3) is 0 Å². The van der Waals surface area contributed by atoms with Crippen LogP contribution in [-0.2, 0) is 0 Å². The molecule has 1 aromatic rings. The maximum atomic E-state index is 8.78. The van der Waals surface area contributed by atoms with Crippen molar-refractivity contribution in [3.63, 3.8) is 0 Å². The average molecular weight is 243 g/mol. The van der Waals surface area contributed by atoms with Gasteiger partial charge in [0.15, 0.2) is 0 Å². The topological polar surface area (TPSA) is 39.1 Å². The van der Waals surface area contributed by atoms with Gasteiger partial charge in [-0.1, -0.05) is 18.2 Å². The second kappa shape index (κ2) is 7.03. The maximum Gasteiger partial charge on any atom is 0.0640 e. The summed E-state index contributed by atoms with van der Waals surface area (Å²) in [5.41, 5.74) is 1.24. The Labute approximate surface area is 109 Å². The number of benzene rings is 1. The molecule has 0 radical (unpaired) electrons. The largest absolute Gasteiger partial charge is 0.370 e. The molecule has 0 atom stereocenters. The van der Waals surface area contributed by atoms with E-state index in [9.17, 15) is 0 Å². The highest BCUT2D eigenvalue weighted by Crippen LogP contribution is 2.19. The number of nitrogens with zero attached hydrogens (tertiary/aromatic N) is 2. The third-order valence-electron chi connectivity index (χ3n) is 3.55. The minimum absolute atomic E-state index is 0.597. The molecule has 1 aromatic carbocycles. The number of nitrogens with one attached hydrogen (secondary N) is 1. The van der Waals surface area contributed by atoms with Crippen molar-refractivity contribution in [2.75, 3.05) is 31.1 Å². The van der Waals surface area contributed by atoms with E-state index >= 15 is 0 Å². The maximum absolute atomic E-state index is 8.78. The normalized spacial score (nSPS) is 16.2. The molecule has 3 nitrogen and oxygen atoms in total. The van der Waals surface area contributed by atoms with Crippen molar-refractivity contribution < 1.29 is 0 Å². The van der Waals surface area contributed by atoms with Gasteiger partial charge in [-0.3, -0.25) is 0 Å². The highest BCUT2D eigenvalue weighted by molar-refractivity contribution is 5.46. The van der Waals surface area contributed by atoms with Gasteiger partial charge in [0, 0.05) is 18.8 Å². The lowest BCUT2D eigenvalue weighted by Gasteiger charge is -2.31. The van der Waals surface area contributed by atoms with Crippen molar-refractivity contribution in [3.05, 3.63) is 30.3 Å². The van der Waals surface area contributed by atoms with E-state index in [1.165, 1.54) is 18.5 Å². The molecule has 96 valence electrons. The third kappa shape index (κ3) is 3.75. The highest BCUT2D eigenvalue weighted by Gasteiger charge is 2.17. The quantitative estimate of drug-likeness (QED) is 0.863. The first-order chi connectivity index (χ1) is 8.90. The number of para-hydroxylation sites is 1. The lowest BCUT2D eigenvalue weighted by atomic mass is 9.97. The van der Waals surface area contributed by atoms with Crippen LogP contribution in [0.1, 0.15) is 19.3 Å². The zero-order valence-electron chi connectivity index (χ0n) is 10.8. The van der Waals surface area contributed by atoms with Gasteiger partial charge in [0.2, 0.25) is 0 Å². The molecule has 0 aliphatic carbocycles. The van der Waals surface area contributed by atoms with Gasteiger partial charge in [-0.05, 0) is 44.0 Å². The van der Waals surface area contributed by atoms with Crippen LogP contribution in [0.2, 0.25) is 0 Å². The lowest BCUT2D eigenvalue weighted by Crippen LogP contribution is -2.36. The minimum atomic E-state index is 0.597. The molecule has 0 unspecified atom stereocenters. The van der Waals surface area contributed by atoms with Crippen LogP contribution in [0.5, 0.6) is 0 Å². The van der Waals surface area contributed by atoms with E-state index in [1.807, 2.05) is 6.07 Å². The fourth-order valence-corrected chi connectivity index (χ4v) is 2.53. The van der Waals surface area contributed by atoms with E-state index in [-0.39, 0.29) is 0 Å². The van der Waals surface area contributed by atoms with Gasteiger partial charge in [0.05, 0.1) is 12.5 Å². The lowest BCUT2D eigenvalue weighted by molar-refractivity contribution is 0.374. The molecule has 1 heterocycles. The minimum Gasteiger partial charge on any atom is -0.370 e.